The third kappa shape index (κ3) is 4.28. The molecule has 0 unspecified atom stereocenters. The van der Waals surface area contributed by atoms with Crippen molar-refractivity contribution in [2.24, 2.45) is 17.8 Å². The Bertz CT molecular complexity index is 986. The van der Waals surface area contributed by atoms with Crippen molar-refractivity contribution < 1.29 is 9.13 Å². The van der Waals surface area contributed by atoms with E-state index in [0.717, 1.165) is 51.3 Å². The monoisotopic (exact) mass is 421 g/mol. The standard InChI is InChI=1S/C24H28FN5O/c1-15-2-3-20(25)9-22(15)23-8-17(10-26)24(29-28-23)27-21-6-18-12-30(13-19(18)7-21)11-16-4-5-31-14-16/h2-3,8-9,16,18-19,21H,4-7,11-14H2,1H3,(H,27,29)/t16-,18-,19+,21+/m1/s1. The quantitative estimate of drug-likeness (QED) is 0.795. The van der Waals surface area contributed by atoms with Crippen molar-refractivity contribution >= 4 is 5.82 Å². The summed E-state index contributed by atoms with van der Waals surface area (Å²) in [5.41, 5.74) is 2.54. The molecule has 1 N–H and O–H groups in total. The molecular formula is C24H28FN5O. The van der Waals surface area contributed by atoms with Crippen molar-refractivity contribution in [3.63, 3.8) is 0 Å². The van der Waals surface area contributed by atoms with Gasteiger partial charge in [-0.3, -0.25) is 0 Å². The molecule has 1 aromatic heterocycles. The molecule has 0 bridgehead atoms. The molecule has 31 heavy (non-hydrogen) atoms. The third-order valence-electron chi connectivity index (χ3n) is 7.10. The average molecular weight is 422 g/mol. The van der Waals surface area contributed by atoms with E-state index in [9.17, 15) is 9.65 Å². The Hall–Kier alpha value is -2.56. The second-order valence-corrected chi connectivity index (χ2v) is 9.34. The summed E-state index contributed by atoms with van der Waals surface area (Å²) in [6.07, 6.45) is 3.38. The average Bonchev–Trinajstić information content (AvgIpc) is 3.48. The van der Waals surface area contributed by atoms with Gasteiger partial charge in [0, 0.05) is 37.8 Å². The first-order valence-corrected chi connectivity index (χ1v) is 11.2. The highest BCUT2D eigenvalue weighted by molar-refractivity contribution is 5.67. The fraction of sp³-hybridized carbons (Fsp3) is 0.542. The first-order chi connectivity index (χ1) is 15.1. The molecule has 0 amide bonds. The Morgan fingerprint density at radius 1 is 1.23 bits per heavy atom. The Balaban J connectivity index is 1.23. The number of hydrogen-bond donors (Lipinski definition) is 1. The van der Waals surface area contributed by atoms with Crippen LogP contribution < -0.4 is 5.32 Å². The van der Waals surface area contributed by atoms with E-state index >= 15 is 0 Å². The fourth-order valence-electron chi connectivity index (χ4n) is 5.54. The van der Waals surface area contributed by atoms with Crippen LogP contribution in [0.25, 0.3) is 11.3 Å². The number of fused-ring (bicyclic) bond motifs is 1. The summed E-state index contributed by atoms with van der Waals surface area (Å²) < 4.78 is 19.2. The molecule has 1 aromatic carbocycles. The van der Waals surface area contributed by atoms with Crippen molar-refractivity contribution in [3.05, 3.63) is 41.2 Å². The van der Waals surface area contributed by atoms with Gasteiger partial charge >= 0.3 is 0 Å². The highest BCUT2D eigenvalue weighted by atomic mass is 19.1. The van der Waals surface area contributed by atoms with Crippen molar-refractivity contribution in [3.8, 4) is 17.3 Å². The zero-order valence-electron chi connectivity index (χ0n) is 17.9. The van der Waals surface area contributed by atoms with E-state index in [-0.39, 0.29) is 5.82 Å². The largest absolute Gasteiger partial charge is 0.381 e. The third-order valence-corrected chi connectivity index (χ3v) is 7.10. The molecule has 4 atom stereocenters. The number of rotatable bonds is 5. The first-order valence-electron chi connectivity index (χ1n) is 11.2. The number of benzene rings is 1. The first kappa shape index (κ1) is 20.3. The van der Waals surface area contributed by atoms with Gasteiger partial charge in [-0.25, -0.2) is 4.39 Å². The minimum Gasteiger partial charge on any atom is -0.381 e. The summed E-state index contributed by atoms with van der Waals surface area (Å²) in [6, 6.07) is 8.83. The molecule has 7 heteroatoms. The number of hydrogen-bond acceptors (Lipinski definition) is 6. The predicted octanol–water partition coefficient (Wildman–Crippen LogP) is 3.62. The molecule has 3 fully saturated rings. The Morgan fingerprint density at radius 2 is 2.03 bits per heavy atom. The van der Waals surface area contributed by atoms with Gasteiger partial charge in [-0.15, -0.1) is 10.2 Å². The van der Waals surface area contributed by atoms with E-state index in [2.05, 4.69) is 26.5 Å². The molecule has 6 nitrogen and oxygen atoms in total. The molecule has 3 heterocycles. The van der Waals surface area contributed by atoms with E-state index in [1.165, 1.54) is 18.6 Å². The summed E-state index contributed by atoms with van der Waals surface area (Å²) in [5, 5.41) is 21.7. The van der Waals surface area contributed by atoms with Gasteiger partial charge in [0.1, 0.15) is 11.9 Å². The summed E-state index contributed by atoms with van der Waals surface area (Å²) in [5.74, 6) is 2.31. The van der Waals surface area contributed by atoms with Gasteiger partial charge in [0.05, 0.1) is 17.9 Å². The van der Waals surface area contributed by atoms with Gasteiger partial charge in [0.25, 0.3) is 0 Å². The molecule has 162 valence electrons. The van der Waals surface area contributed by atoms with E-state index in [0.29, 0.717) is 46.4 Å². The second kappa shape index (κ2) is 8.52. The number of aryl methyl sites for hydroxylation is 1. The normalized spacial score (nSPS) is 27.9. The van der Waals surface area contributed by atoms with Crippen molar-refractivity contribution in [2.75, 3.05) is 38.2 Å². The minimum atomic E-state index is -0.324. The number of nitrogens with zero attached hydrogens (tertiary/aromatic N) is 4. The van der Waals surface area contributed by atoms with Crippen LogP contribution in [0.4, 0.5) is 10.2 Å². The Kier molecular flexibility index (Phi) is 5.59. The molecule has 0 radical (unpaired) electrons. The topological polar surface area (TPSA) is 74.1 Å². The number of likely N-dealkylation sites (tertiary alicyclic amines) is 1. The van der Waals surface area contributed by atoms with Gasteiger partial charge in [0.2, 0.25) is 0 Å². The van der Waals surface area contributed by atoms with E-state index in [1.807, 2.05) is 6.92 Å². The number of halogens is 1. The Morgan fingerprint density at radius 3 is 2.74 bits per heavy atom. The predicted molar refractivity (Wildman–Crippen MR) is 116 cm³/mol. The molecule has 3 aliphatic rings. The van der Waals surface area contributed by atoms with Gasteiger partial charge in [-0.05, 0) is 67.7 Å². The highest BCUT2D eigenvalue weighted by Crippen LogP contribution is 2.40. The van der Waals surface area contributed by atoms with Gasteiger partial charge < -0.3 is 15.0 Å². The molecule has 1 saturated carbocycles. The maximum atomic E-state index is 13.7. The summed E-state index contributed by atoms with van der Waals surface area (Å²) in [7, 11) is 0. The molecule has 0 spiro atoms. The van der Waals surface area contributed by atoms with E-state index in [1.54, 1.807) is 12.1 Å². The lowest BCUT2D eigenvalue weighted by atomic mass is 10.0. The van der Waals surface area contributed by atoms with E-state index in [4.69, 9.17) is 4.74 Å². The molecule has 2 aliphatic heterocycles. The van der Waals surface area contributed by atoms with Crippen LogP contribution in [-0.4, -0.2) is 54.0 Å². The summed E-state index contributed by atoms with van der Waals surface area (Å²) in [6.45, 7) is 7.21. The van der Waals surface area contributed by atoms with Crippen molar-refractivity contribution in [2.45, 2.75) is 32.2 Å². The van der Waals surface area contributed by atoms with E-state index < -0.39 is 0 Å². The van der Waals surface area contributed by atoms with Crippen LogP contribution >= 0.6 is 0 Å². The zero-order valence-corrected chi connectivity index (χ0v) is 17.9. The number of nitriles is 1. The van der Waals surface area contributed by atoms with Gasteiger partial charge in [-0.1, -0.05) is 6.07 Å². The lowest BCUT2D eigenvalue weighted by molar-refractivity contribution is 0.171. The van der Waals surface area contributed by atoms with Crippen LogP contribution in [0.2, 0.25) is 0 Å². The highest BCUT2D eigenvalue weighted by Gasteiger charge is 2.41. The van der Waals surface area contributed by atoms with Crippen LogP contribution in [0.15, 0.2) is 24.3 Å². The number of aromatic nitrogens is 2. The molecule has 1 aliphatic carbocycles. The zero-order chi connectivity index (χ0) is 21.4. The smallest absolute Gasteiger partial charge is 0.166 e. The van der Waals surface area contributed by atoms with Crippen LogP contribution in [0.3, 0.4) is 0 Å². The fourth-order valence-corrected chi connectivity index (χ4v) is 5.54. The SMILES string of the molecule is Cc1ccc(F)cc1-c1cc(C#N)c(N[C@H]2C[C@@H]3CN(C[C@H]4CCOC4)C[C@@H]3C2)nn1. The van der Waals surface area contributed by atoms with Crippen LogP contribution in [0.1, 0.15) is 30.4 Å². The number of anilines is 1. The number of ether oxygens (including phenoxy) is 1. The van der Waals surface area contributed by atoms with Gasteiger partial charge in [0.15, 0.2) is 5.82 Å². The molecule has 5 rings (SSSR count). The summed E-state index contributed by atoms with van der Waals surface area (Å²) in [4.78, 5) is 2.61. The second-order valence-electron chi connectivity index (χ2n) is 9.34. The molecule has 2 saturated heterocycles. The van der Waals surface area contributed by atoms with Crippen LogP contribution in [0, 0.1) is 41.8 Å². The Labute approximate surface area is 182 Å². The summed E-state index contributed by atoms with van der Waals surface area (Å²) >= 11 is 0. The maximum Gasteiger partial charge on any atom is 0.166 e. The number of nitrogens with one attached hydrogen (secondary N) is 1. The van der Waals surface area contributed by atoms with Crippen LogP contribution in [-0.2, 0) is 4.74 Å². The lowest BCUT2D eigenvalue weighted by Gasteiger charge is -2.22. The minimum absolute atomic E-state index is 0.315. The lowest BCUT2D eigenvalue weighted by Crippen LogP contribution is -2.30. The molecular weight excluding hydrogens is 393 g/mol. The maximum absolute atomic E-state index is 13.7. The molecule has 2 aromatic rings. The van der Waals surface area contributed by atoms with Crippen molar-refractivity contribution in [1.29, 1.82) is 5.26 Å². The van der Waals surface area contributed by atoms with Crippen molar-refractivity contribution in [1.82, 2.24) is 15.1 Å². The van der Waals surface area contributed by atoms with Crippen LogP contribution in [0.5, 0.6) is 0 Å². The van der Waals surface area contributed by atoms with Gasteiger partial charge in [-0.2, -0.15) is 5.26 Å².